The first kappa shape index (κ1) is 41.4. The Morgan fingerprint density at radius 3 is 2.41 bits per heavy atom. The zero-order chi connectivity index (χ0) is 39.3. The predicted octanol–water partition coefficient (Wildman–Crippen LogP) is 7.83. The smallest absolute Gasteiger partial charge is 0.469 e. The molecule has 1 saturated heterocycles. The van der Waals surface area contributed by atoms with E-state index in [0.717, 1.165) is 43.8 Å². The molecule has 1 amide bonds. The van der Waals surface area contributed by atoms with Gasteiger partial charge in [-0.25, -0.2) is 23.9 Å². The number of rotatable bonds is 15. The zero-order valence-electron chi connectivity index (χ0n) is 32.0. The lowest BCUT2D eigenvalue weighted by molar-refractivity contribution is -0.132. The third-order valence-electron chi connectivity index (χ3n) is 10.4. The quantitative estimate of drug-likeness (QED) is 0.0682. The van der Waals surface area contributed by atoms with Gasteiger partial charge in [0.15, 0.2) is 16.6 Å². The second kappa shape index (κ2) is 17.0. The molecule has 2 aromatic carbocycles. The summed E-state index contributed by atoms with van der Waals surface area (Å²) >= 11 is 1.31. The maximum atomic E-state index is 13.5. The van der Waals surface area contributed by atoms with Gasteiger partial charge in [-0.1, -0.05) is 47.6 Å². The fourth-order valence-electron chi connectivity index (χ4n) is 8.12. The Hall–Kier alpha value is -3.72. The average Bonchev–Trinajstić information content (AvgIpc) is 3.51. The van der Waals surface area contributed by atoms with Crippen molar-refractivity contribution in [2.24, 2.45) is 22.2 Å². The summed E-state index contributed by atoms with van der Waals surface area (Å²) in [6.45, 7) is 16.0. The van der Waals surface area contributed by atoms with Gasteiger partial charge in [0.05, 0.1) is 32.3 Å². The predicted molar refractivity (Wildman–Crippen MR) is 209 cm³/mol. The number of fused-ring (bicyclic) bond motifs is 1. The summed E-state index contributed by atoms with van der Waals surface area (Å²) in [6, 6.07) is 9.39. The topological polar surface area (TPSA) is 168 Å². The molecule has 54 heavy (non-hydrogen) atoms. The van der Waals surface area contributed by atoms with Crippen molar-refractivity contribution in [3.05, 3.63) is 59.6 Å². The van der Waals surface area contributed by atoms with Gasteiger partial charge in [-0.2, -0.15) is 0 Å². The van der Waals surface area contributed by atoms with Crippen molar-refractivity contribution in [1.29, 1.82) is 0 Å². The lowest BCUT2D eigenvalue weighted by Crippen LogP contribution is -2.57. The summed E-state index contributed by atoms with van der Waals surface area (Å²) < 4.78 is 42.4. The molecule has 16 heteroatoms. The number of hydrogen-bond donors (Lipinski definition) is 4. The third kappa shape index (κ3) is 10.1. The summed E-state index contributed by atoms with van der Waals surface area (Å²) in [5.74, 6) is 1.15. The van der Waals surface area contributed by atoms with Crippen LogP contribution in [-0.2, 0) is 20.3 Å². The van der Waals surface area contributed by atoms with Crippen molar-refractivity contribution in [3.8, 4) is 11.5 Å². The van der Waals surface area contributed by atoms with Crippen LogP contribution in [0.5, 0.6) is 11.5 Å². The van der Waals surface area contributed by atoms with Crippen LogP contribution in [-0.4, -0.2) is 75.5 Å². The Bertz CT molecular complexity index is 1940. The number of aromatic nitrogens is 3. The summed E-state index contributed by atoms with van der Waals surface area (Å²) in [5, 5.41) is 7.18. The number of nitrogens with one attached hydrogen (secondary N) is 2. The summed E-state index contributed by atoms with van der Waals surface area (Å²) in [6.07, 6.45) is 5.76. The van der Waals surface area contributed by atoms with Crippen molar-refractivity contribution in [2.45, 2.75) is 67.2 Å². The van der Waals surface area contributed by atoms with Crippen LogP contribution in [0.15, 0.2) is 48.9 Å². The van der Waals surface area contributed by atoms with Crippen LogP contribution < -0.4 is 20.1 Å². The number of carbonyl (C=O) groups excluding carboxylic acids is 1. The molecular weight excluding hydrogens is 734 g/mol. The van der Waals surface area contributed by atoms with E-state index in [1.165, 1.54) is 35.9 Å². The second-order valence-corrected chi connectivity index (χ2v) is 18.1. The van der Waals surface area contributed by atoms with Gasteiger partial charge in [0.2, 0.25) is 5.91 Å². The van der Waals surface area contributed by atoms with Crippen LogP contribution in [0.25, 0.3) is 10.9 Å². The molecule has 0 aliphatic carbocycles. The van der Waals surface area contributed by atoms with E-state index in [4.69, 9.17) is 14.0 Å². The molecule has 3 heterocycles. The number of phosphoric acid groups is 1. The normalized spacial score (nSPS) is 15.0. The van der Waals surface area contributed by atoms with Crippen LogP contribution in [0, 0.1) is 28.0 Å². The molecule has 1 fully saturated rings. The van der Waals surface area contributed by atoms with E-state index in [1.807, 2.05) is 12.1 Å². The Balaban J connectivity index is 1.16. The highest BCUT2D eigenvalue weighted by Crippen LogP contribution is 2.60. The SMILES string of the molecule is COc1cc2c(Nc3ncc(CC(=O)Nc4cccc(F)c4)s3)ncnc2cc1OCCCN1CCC(C(COP(=O)(O)O)(C(C)(C)C)C(C)(C)C)CC1. The number of carbonyl (C=O) groups is 1. The molecule has 2 aromatic heterocycles. The van der Waals surface area contributed by atoms with E-state index in [1.54, 1.807) is 19.4 Å². The van der Waals surface area contributed by atoms with Gasteiger partial charge in [-0.3, -0.25) is 9.32 Å². The highest BCUT2D eigenvalue weighted by atomic mass is 32.1. The van der Waals surface area contributed by atoms with Crippen LogP contribution in [0.4, 0.5) is 21.0 Å². The number of halogens is 1. The highest BCUT2D eigenvalue weighted by Gasteiger charge is 2.56. The van der Waals surface area contributed by atoms with Gasteiger partial charge in [-0.15, -0.1) is 11.3 Å². The number of thiazole rings is 1. The zero-order valence-corrected chi connectivity index (χ0v) is 33.7. The molecule has 0 bridgehead atoms. The molecule has 1 aliphatic rings. The van der Waals surface area contributed by atoms with E-state index < -0.39 is 19.1 Å². The van der Waals surface area contributed by atoms with Crippen molar-refractivity contribution in [3.63, 3.8) is 0 Å². The first-order valence-electron chi connectivity index (χ1n) is 18.0. The van der Waals surface area contributed by atoms with Crippen molar-refractivity contribution < 1.29 is 37.5 Å². The fraction of sp³-hybridized carbons (Fsp3) is 0.526. The molecule has 4 N–H and O–H groups in total. The number of benzene rings is 2. The van der Waals surface area contributed by atoms with Crippen molar-refractivity contribution in [2.75, 3.05) is 50.6 Å². The number of hydrogen-bond acceptors (Lipinski definition) is 11. The van der Waals surface area contributed by atoms with E-state index in [9.17, 15) is 23.5 Å². The summed E-state index contributed by atoms with van der Waals surface area (Å²) in [5.41, 5.74) is 0.0911. The Labute approximate surface area is 320 Å². The minimum atomic E-state index is -4.62. The van der Waals surface area contributed by atoms with Gasteiger partial charge in [0.25, 0.3) is 0 Å². The summed E-state index contributed by atoms with van der Waals surface area (Å²) in [7, 11) is -3.04. The molecule has 0 radical (unpaired) electrons. The number of nitrogens with zero attached hydrogens (tertiary/aromatic N) is 4. The number of amides is 1. The average molecular weight is 787 g/mol. The van der Waals surface area contributed by atoms with E-state index in [2.05, 4.69) is 72.0 Å². The molecule has 0 atom stereocenters. The first-order valence-corrected chi connectivity index (χ1v) is 20.4. The number of phosphoric ester groups is 1. The molecule has 0 spiro atoms. The van der Waals surface area contributed by atoms with Crippen LogP contribution in [0.3, 0.4) is 0 Å². The van der Waals surface area contributed by atoms with E-state index in [-0.39, 0.29) is 35.7 Å². The van der Waals surface area contributed by atoms with E-state index >= 15 is 0 Å². The van der Waals surface area contributed by atoms with Crippen molar-refractivity contribution in [1.82, 2.24) is 19.9 Å². The largest absolute Gasteiger partial charge is 0.493 e. The number of piperidine rings is 1. The molecular formula is C38H52FN6O7PS. The summed E-state index contributed by atoms with van der Waals surface area (Å²) in [4.78, 5) is 48.1. The Morgan fingerprint density at radius 2 is 1.76 bits per heavy atom. The molecule has 0 saturated carbocycles. The second-order valence-electron chi connectivity index (χ2n) is 15.8. The third-order valence-corrected chi connectivity index (χ3v) is 11.8. The molecule has 5 rings (SSSR count). The molecule has 1 aliphatic heterocycles. The Morgan fingerprint density at radius 1 is 1.04 bits per heavy atom. The molecule has 13 nitrogen and oxygen atoms in total. The number of ether oxygens (including phenoxy) is 2. The molecule has 294 valence electrons. The van der Waals surface area contributed by atoms with Gasteiger partial charge in [-0.05, 0) is 73.4 Å². The molecule has 0 unspecified atom stereocenters. The van der Waals surface area contributed by atoms with Gasteiger partial charge in [0, 0.05) is 40.2 Å². The van der Waals surface area contributed by atoms with E-state index in [0.29, 0.717) is 45.6 Å². The number of likely N-dealkylation sites (tertiary alicyclic amines) is 1. The van der Waals surface area contributed by atoms with Crippen LogP contribution in [0.1, 0.15) is 65.7 Å². The lowest BCUT2D eigenvalue weighted by atomic mass is 9.48. The fourth-order valence-corrected chi connectivity index (χ4v) is 9.30. The maximum absolute atomic E-state index is 13.5. The van der Waals surface area contributed by atoms with Gasteiger partial charge >= 0.3 is 7.82 Å². The van der Waals surface area contributed by atoms with Crippen LogP contribution in [0.2, 0.25) is 0 Å². The standard InChI is InChI=1S/C38H52FN6O7PS/c1-36(2,3)38(37(4,5)6,23-52-53(47,48)49)25-12-15-45(16-13-25)14-9-17-51-32-21-30-29(20-31(32)50-7)34(42-24-41-30)44-35-40-22-28(54-35)19-33(46)43-27-11-8-10-26(39)18-27/h8,10-11,18,20-22,24-25H,9,12-17,19,23H2,1-7H3,(H,43,46)(H2,47,48,49)(H,40,41,42,44). The lowest BCUT2D eigenvalue weighted by Gasteiger charge is -2.59. The first-order chi connectivity index (χ1) is 25.4. The van der Waals surface area contributed by atoms with Gasteiger partial charge < -0.3 is 34.8 Å². The Kier molecular flexibility index (Phi) is 13.0. The number of anilines is 3. The minimum absolute atomic E-state index is 0.00516. The van der Waals surface area contributed by atoms with Crippen molar-refractivity contribution >= 4 is 52.6 Å². The minimum Gasteiger partial charge on any atom is -0.493 e. The maximum Gasteiger partial charge on any atom is 0.469 e. The monoisotopic (exact) mass is 786 g/mol. The van der Waals surface area contributed by atoms with Gasteiger partial charge in [0.1, 0.15) is 18.0 Å². The molecule has 4 aromatic rings. The number of methoxy groups -OCH3 is 1. The highest BCUT2D eigenvalue weighted by molar-refractivity contribution is 7.46. The van der Waals surface area contributed by atoms with Crippen LogP contribution >= 0.6 is 19.2 Å².